The van der Waals surface area contributed by atoms with E-state index < -0.39 is 14.9 Å². The smallest absolute Gasteiger partial charge is 0.273 e. The summed E-state index contributed by atoms with van der Waals surface area (Å²) in [4.78, 5) is 10.3. The number of aryl methyl sites for hydroxylation is 1. The van der Waals surface area contributed by atoms with E-state index in [9.17, 15) is 18.5 Å². The Kier molecular flexibility index (Phi) is 3.94. The summed E-state index contributed by atoms with van der Waals surface area (Å²) >= 11 is 0. The monoisotopic (exact) mass is 342 g/mol. The highest BCUT2D eigenvalue weighted by molar-refractivity contribution is 7.92. The van der Waals surface area contributed by atoms with Crippen LogP contribution in [0.25, 0.3) is 10.8 Å². The molecule has 0 aliphatic rings. The van der Waals surface area contributed by atoms with Crippen molar-refractivity contribution in [1.82, 2.24) is 0 Å². The molecular formula is C17H14N2O4S. The second-order valence-electron chi connectivity index (χ2n) is 5.34. The van der Waals surface area contributed by atoms with Crippen molar-refractivity contribution in [3.63, 3.8) is 0 Å². The molecule has 0 aromatic heterocycles. The van der Waals surface area contributed by atoms with Crippen LogP contribution in [0.1, 0.15) is 5.56 Å². The van der Waals surface area contributed by atoms with Gasteiger partial charge in [0.25, 0.3) is 15.7 Å². The SMILES string of the molecule is Cc1ccc(S(=O)(=O)Nc2cccc3ccccc23)cc1[N+](=O)[O-]. The highest BCUT2D eigenvalue weighted by Crippen LogP contribution is 2.27. The maximum absolute atomic E-state index is 12.6. The van der Waals surface area contributed by atoms with Crippen molar-refractivity contribution in [3.8, 4) is 0 Å². The van der Waals surface area contributed by atoms with Gasteiger partial charge in [-0.2, -0.15) is 0 Å². The summed E-state index contributed by atoms with van der Waals surface area (Å²) < 4.78 is 27.7. The summed E-state index contributed by atoms with van der Waals surface area (Å²) in [6.45, 7) is 1.56. The second-order valence-corrected chi connectivity index (χ2v) is 7.02. The number of rotatable bonds is 4. The van der Waals surface area contributed by atoms with E-state index in [-0.39, 0.29) is 10.6 Å². The van der Waals surface area contributed by atoms with Crippen LogP contribution in [-0.2, 0) is 10.0 Å². The molecule has 0 heterocycles. The number of fused-ring (bicyclic) bond motifs is 1. The molecule has 0 amide bonds. The first kappa shape index (κ1) is 15.9. The molecule has 0 radical (unpaired) electrons. The number of hydrogen-bond acceptors (Lipinski definition) is 4. The topological polar surface area (TPSA) is 89.3 Å². The number of anilines is 1. The first-order valence-electron chi connectivity index (χ1n) is 7.14. The van der Waals surface area contributed by atoms with Crippen LogP contribution in [0.15, 0.2) is 65.6 Å². The lowest BCUT2D eigenvalue weighted by Crippen LogP contribution is -2.13. The van der Waals surface area contributed by atoms with Gasteiger partial charge in [-0.25, -0.2) is 8.42 Å². The molecule has 3 aromatic rings. The summed E-state index contributed by atoms with van der Waals surface area (Å²) in [5.74, 6) is 0. The van der Waals surface area contributed by atoms with Crippen LogP contribution in [0, 0.1) is 17.0 Å². The van der Waals surface area contributed by atoms with Crippen LogP contribution < -0.4 is 4.72 Å². The first-order chi connectivity index (χ1) is 11.4. The maximum atomic E-state index is 12.6. The number of hydrogen-bond donors (Lipinski definition) is 1. The number of nitro groups is 1. The van der Waals surface area contributed by atoms with Crippen molar-refractivity contribution < 1.29 is 13.3 Å². The molecule has 0 aliphatic carbocycles. The molecule has 0 spiro atoms. The minimum absolute atomic E-state index is 0.146. The van der Waals surface area contributed by atoms with Crippen LogP contribution in [0.2, 0.25) is 0 Å². The maximum Gasteiger partial charge on any atom is 0.273 e. The molecule has 0 fully saturated rings. The van der Waals surface area contributed by atoms with Crippen molar-refractivity contribution in [2.75, 3.05) is 4.72 Å². The Morgan fingerprint density at radius 1 is 1.00 bits per heavy atom. The highest BCUT2D eigenvalue weighted by Gasteiger charge is 2.20. The molecule has 0 bridgehead atoms. The van der Waals surface area contributed by atoms with Crippen molar-refractivity contribution in [3.05, 3.63) is 76.3 Å². The number of nitro benzene ring substituents is 1. The van der Waals surface area contributed by atoms with Crippen molar-refractivity contribution in [2.24, 2.45) is 0 Å². The Morgan fingerprint density at radius 2 is 1.71 bits per heavy atom. The van der Waals surface area contributed by atoms with Gasteiger partial charge in [0.1, 0.15) is 0 Å². The van der Waals surface area contributed by atoms with Gasteiger partial charge in [0.05, 0.1) is 15.5 Å². The lowest BCUT2D eigenvalue weighted by Gasteiger charge is -2.11. The molecule has 0 saturated carbocycles. The fourth-order valence-electron chi connectivity index (χ4n) is 2.47. The summed E-state index contributed by atoms with van der Waals surface area (Å²) in [7, 11) is -3.93. The van der Waals surface area contributed by atoms with Gasteiger partial charge in [-0.1, -0.05) is 42.5 Å². The van der Waals surface area contributed by atoms with E-state index in [4.69, 9.17) is 0 Å². The van der Waals surface area contributed by atoms with Gasteiger partial charge < -0.3 is 0 Å². The molecule has 7 heteroatoms. The molecule has 3 aromatic carbocycles. The fraction of sp³-hybridized carbons (Fsp3) is 0.0588. The average molecular weight is 342 g/mol. The third kappa shape index (κ3) is 2.93. The zero-order valence-electron chi connectivity index (χ0n) is 12.8. The minimum Gasteiger partial charge on any atom is -0.279 e. The summed E-state index contributed by atoms with van der Waals surface area (Å²) in [5, 5.41) is 12.7. The number of nitrogens with zero attached hydrogens (tertiary/aromatic N) is 1. The van der Waals surface area contributed by atoms with Crippen molar-refractivity contribution >= 4 is 32.2 Å². The van der Waals surface area contributed by atoms with E-state index in [2.05, 4.69) is 4.72 Å². The van der Waals surface area contributed by atoms with E-state index in [1.165, 1.54) is 12.1 Å². The van der Waals surface area contributed by atoms with E-state index >= 15 is 0 Å². The van der Waals surface area contributed by atoms with Crippen LogP contribution in [0.4, 0.5) is 11.4 Å². The zero-order chi connectivity index (χ0) is 17.3. The third-order valence-corrected chi connectivity index (χ3v) is 5.08. The van der Waals surface area contributed by atoms with Gasteiger partial charge in [-0.15, -0.1) is 0 Å². The number of benzene rings is 3. The van der Waals surface area contributed by atoms with Gasteiger partial charge in [0.15, 0.2) is 0 Å². The minimum atomic E-state index is -3.93. The molecule has 3 rings (SSSR count). The van der Waals surface area contributed by atoms with Gasteiger partial charge >= 0.3 is 0 Å². The Balaban J connectivity index is 2.05. The highest BCUT2D eigenvalue weighted by atomic mass is 32.2. The lowest BCUT2D eigenvalue weighted by molar-refractivity contribution is -0.385. The lowest BCUT2D eigenvalue weighted by atomic mass is 10.1. The van der Waals surface area contributed by atoms with Crippen LogP contribution in [0.3, 0.4) is 0 Å². The number of nitrogens with one attached hydrogen (secondary N) is 1. The number of sulfonamides is 1. The summed E-state index contributed by atoms with van der Waals surface area (Å²) in [6, 6.07) is 16.5. The Bertz CT molecular complexity index is 1040. The Labute approximate surface area is 138 Å². The Hall–Kier alpha value is -2.93. The normalized spacial score (nSPS) is 11.4. The van der Waals surface area contributed by atoms with E-state index in [1.54, 1.807) is 19.1 Å². The molecule has 0 saturated heterocycles. The van der Waals surface area contributed by atoms with Gasteiger partial charge in [0, 0.05) is 17.0 Å². The van der Waals surface area contributed by atoms with Crippen LogP contribution in [-0.4, -0.2) is 13.3 Å². The summed E-state index contributed by atoms with van der Waals surface area (Å²) in [6.07, 6.45) is 0. The zero-order valence-corrected chi connectivity index (χ0v) is 13.6. The van der Waals surface area contributed by atoms with Gasteiger partial charge in [0.2, 0.25) is 0 Å². The standard InChI is InChI=1S/C17H14N2O4S/c1-12-9-10-14(11-17(12)19(20)21)24(22,23)18-16-8-4-6-13-5-2-3-7-15(13)16/h2-11,18H,1H3. The fourth-order valence-corrected chi connectivity index (χ4v) is 3.57. The first-order valence-corrected chi connectivity index (χ1v) is 8.62. The predicted octanol–water partition coefficient (Wildman–Crippen LogP) is 3.86. The molecule has 6 nitrogen and oxygen atoms in total. The van der Waals surface area contributed by atoms with Crippen LogP contribution in [0.5, 0.6) is 0 Å². The third-order valence-electron chi connectivity index (χ3n) is 3.72. The largest absolute Gasteiger partial charge is 0.279 e. The predicted molar refractivity (Wildman–Crippen MR) is 92.6 cm³/mol. The quantitative estimate of drug-likeness (QED) is 0.576. The van der Waals surface area contributed by atoms with Crippen molar-refractivity contribution in [1.29, 1.82) is 0 Å². The van der Waals surface area contributed by atoms with Gasteiger partial charge in [-0.05, 0) is 24.4 Å². The van der Waals surface area contributed by atoms with E-state index in [0.717, 1.165) is 16.8 Å². The summed E-state index contributed by atoms with van der Waals surface area (Å²) in [5.41, 5.74) is 0.608. The Morgan fingerprint density at radius 3 is 2.46 bits per heavy atom. The van der Waals surface area contributed by atoms with E-state index in [1.807, 2.05) is 30.3 Å². The van der Waals surface area contributed by atoms with E-state index in [0.29, 0.717) is 11.3 Å². The molecular weight excluding hydrogens is 328 g/mol. The van der Waals surface area contributed by atoms with Gasteiger partial charge in [-0.3, -0.25) is 14.8 Å². The molecule has 24 heavy (non-hydrogen) atoms. The molecule has 0 aliphatic heterocycles. The molecule has 1 N–H and O–H groups in total. The van der Waals surface area contributed by atoms with Crippen LogP contribution >= 0.6 is 0 Å². The molecule has 0 atom stereocenters. The van der Waals surface area contributed by atoms with Crippen molar-refractivity contribution in [2.45, 2.75) is 11.8 Å². The molecule has 0 unspecified atom stereocenters. The average Bonchev–Trinajstić information content (AvgIpc) is 2.55. The molecule has 122 valence electrons. The second kappa shape index (κ2) is 5.93.